The van der Waals surface area contributed by atoms with Crippen molar-refractivity contribution in [2.24, 2.45) is 0 Å². The van der Waals surface area contributed by atoms with Gasteiger partial charge in [0.05, 0.1) is 29.8 Å². The zero-order chi connectivity index (χ0) is 35.4. The molecule has 15 heteroatoms. The Morgan fingerprint density at radius 1 is 1.00 bits per heavy atom. The first-order valence-electron chi connectivity index (χ1n) is 15.1. The molecule has 1 aromatic heterocycles. The number of aromatic nitrogens is 2. The fourth-order valence-electron chi connectivity index (χ4n) is 4.58. The molecular weight excluding hydrogens is 660 g/mol. The molecule has 0 spiro atoms. The molecule has 2 amide bonds. The number of hydrogen-bond acceptors (Lipinski definition) is 10. The van der Waals surface area contributed by atoms with E-state index in [0.717, 1.165) is 17.5 Å². The van der Waals surface area contributed by atoms with Crippen molar-refractivity contribution in [2.45, 2.75) is 59.0 Å². The Kier molecular flexibility index (Phi) is 10.8. The summed E-state index contributed by atoms with van der Waals surface area (Å²) in [6, 6.07) is 9.53. The van der Waals surface area contributed by atoms with Crippen molar-refractivity contribution in [3.05, 3.63) is 70.6 Å². The summed E-state index contributed by atoms with van der Waals surface area (Å²) in [6.07, 6.45) is 4.46. The molecule has 0 aliphatic carbocycles. The molecule has 2 aromatic carbocycles. The zero-order valence-electron chi connectivity index (χ0n) is 28.2. The standard InChI is InChI=1S/C33H41ClN6O7S/c1-32(2,3)21-16-24(29(45-7)25(17-21)39-48(8,43)44)38-30(41)20-9-10-23(34)26(15-20)46-28-18-27(35-19-36-28)37-22-11-13-40(14-12-22)31(42)47-33(4,5)6/h9-11,15-19,39H,12-14H2,1-8H3,(H,38,41)(H,35,36,37). The van der Waals surface area contributed by atoms with E-state index in [4.69, 9.17) is 25.8 Å². The molecule has 13 nitrogen and oxygen atoms in total. The molecule has 0 atom stereocenters. The lowest BCUT2D eigenvalue weighted by molar-refractivity contribution is 0.0266. The summed E-state index contributed by atoms with van der Waals surface area (Å²) in [5.74, 6) is 0.453. The van der Waals surface area contributed by atoms with Gasteiger partial charge in [-0.05, 0) is 68.2 Å². The molecule has 4 rings (SSSR count). The van der Waals surface area contributed by atoms with Crippen LogP contribution in [-0.4, -0.2) is 67.3 Å². The molecule has 258 valence electrons. The Balaban J connectivity index is 1.51. The highest BCUT2D eigenvalue weighted by molar-refractivity contribution is 7.92. The smallest absolute Gasteiger partial charge is 0.410 e. The number of carbonyl (C=O) groups is 2. The SMILES string of the molecule is COc1c(NC(=O)c2ccc(Cl)c(Oc3cc(NC4=CCN(C(=O)OC(C)(C)C)CC4)ncn3)c2)cc(C(C)(C)C)cc1NS(C)(=O)=O. The van der Waals surface area contributed by atoms with E-state index in [1.165, 1.54) is 31.6 Å². The lowest BCUT2D eigenvalue weighted by Gasteiger charge is -2.29. The van der Waals surface area contributed by atoms with Crippen LogP contribution in [0.4, 0.5) is 22.0 Å². The van der Waals surface area contributed by atoms with Gasteiger partial charge in [-0.1, -0.05) is 32.4 Å². The summed E-state index contributed by atoms with van der Waals surface area (Å²) in [5.41, 5.74) is 1.37. The van der Waals surface area contributed by atoms with Crippen molar-refractivity contribution in [1.82, 2.24) is 14.9 Å². The van der Waals surface area contributed by atoms with E-state index in [-0.39, 0.29) is 50.8 Å². The van der Waals surface area contributed by atoms with Crippen LogP contribution in [-0.2, 0) is 20.2 Å². The molecule has 1 aliphatic rings. The minimum atomic E-state index is -3.64. The van der Waals surface area contributed by atoms with Crippen LogP contribution >= 0.6 is 11.6 Å². The second kappa shape index (κ2) is 14.3. The van der Waals surface area contributed by atoms with Crippen LogP contribution in [0.3, 0.4) is 0 Å². The molecule has 1 aliphatic heterocycles. The van der Waals surface area contributed by atoms with Gasteiger partial charge in [-0.25, -0.2) is 23.2 Å². The summed E-state index contributed by atoms with van der Waals surface area (Å²) in [5, 5.41) is 6.30. The maximum absolute atomic E-state index is 13.5. The molecule has 0 bridgehead atoms. The lowest BCUT2D eigenvalue weighted by Crippen LogP contribution is -2.39. The number of carbonyl (C=O) groups excluding carboxylic acids is 2. The van der Waals surface area contributed by atoms with Gasteiger partial charge in [0.1, 0.15) is 23.5 Å². The first-order chi connectivity index (χ1) is 22.3. The fourth-order valence-corrected chi connectivity index (χ4v) is 5.29. The highest BCUT2D eigenvalue weighted by Crippen LogP contribution is 2.39. The number of anilines is 3. The molecule has 0 saturated heterocycles. The van der Waals surface area contributed by atoms with Crippen LogP contribution in [0.15, 0.2) is 54.5 Å². The Morgan fingerprint density at radius 3 is 2.31 bits per heavy atom. The van der Waals surface area contributed by atoms with E-state index in [9.17, 15) is 18.0 Å². The molecule has 2 heterocycles. The Morgan fingerprint density at radius 2 is 1.71 bits per heavy atom. The first-order valence-corrected chi connectivity index (χ1v) is 17.3. The van der Waals surface area contributed by atoms with Gasteiger partial charge in [0.2, 0.25) is 15.9 Å². The normalized spacial score (nSPS) is 13.7. The Bertz CT molecular complexity index is 1830. The van der Waals surface area contributed by atoms with Crippen molar-refractivity contribution in [2.75, 3.05) is 41.8 Å². The predicted molar refractivity (Wildman–Crippen MR) is 186 cm³/mol. The van der Waals surface area contributed by atoms with Gasteiger partial charge in [-0.3, -0.25) is 9.52 Å². The van der Waals surface area contributed by atoms with E-state index >= 15 is 0 Å². The van der Waals surface area contributed by atoms with Crippen LogP contribution in [0.5, 0.6) is 17.4 Å². The van der Waals surface area contributed by atoms with Gasteiger partial charge in [0.25, 0.3) is 5.91 Å². The van der Waals surface area contributed by atoms with Crippen LogP contribution in [0.1, 0.15) is 63.9 Å². The number of ether oxygens (including phenoxy) is 3. The van der Waals surface area contributed by atoms with E-state index in [2.05, 4.69) is 25.3 Å². The monoisotopic (exact) mass is 700 g/mol. The lowest BCUT2D eigenvalue weighted by atomic mass is 9.86. The largest absolute Gasteiger partial charge is 0.492 e. The molecule has 0 radical (unpaired) electrons. The fraction of sp³-hybridized carbons (Fsp3) is 0.394. The molecule has 3 aromatic rings. The number of methoxy groups -OCH3 is 1. The quantitative estimate of drug-likeness (QED) is 0.217. The average molecular weight is 701 g/mol. The number of hydrogen-bond donors (Lipinski definition) is 3. The number of nitrogens with one attached hydrogen (secondary N) is 3. The highest BCUT2D eigenvalue weighted by atomic mass is 35.5. The molecule has 0 saturated carbocycles. The van der Waals surface area contributed by atoms with E-state index in [0.29, 0.717) is 25.3 Å². The molecule has 48 heavy (non-hydrogen) atoms. The van der Waals surface area contributed by atoms with E-state index in [1.807, 2.05) is 47.6 Å². The number of halogens is 1. The van der Waals surface area contributed by atoms with Crippen molar-refractivity contribution in [1.29, 1.82) is 0 Å². The number of rotatable bonds is 9. The van der Waals surface area contributed by atoms with Gasteiger partial charge in [-0.2, -0.15) is 0 Å². The van der Waals surface area contributed by atoms with Gasteiger partial charge in [0, 0.05) is 36.8 Å². The van der Waals surface area contributed by atoms with Crippen molar-refractivity contribution in [3.8, 4) is 17.4 Å². The molecule has 0 fully saturated rings. The van der Waals surface area contributed by atoms with E-state index in [1.54, 1.807) is 23.1 Å². The molecular formula is C33H41ClN6O7S. The minimum Gasteiger partial charge on any atom is -0.492 e. The topological polar surface area (TPSA) is 161 Å². The van der Waals surface area contributed by atoms with Crippen LogP contribution < -0.4 is 24.8 Å². The van der Waals surface area contributed by atoms with Crippen molar-refractivity contribution >= 4 is 50.8 Å². The van der Waals surface area contributed by atoms with Crippen LogP contribution in [0, 0.1) is 0 Å². The maximum Gasteiger partial charge on any atom is 0.410 e. The van der Waals surface area contributed by atoms with Gasteiger partial charge in [0.15, 0.2) is 5.75 Å². The first kappa shape index (κ1) is 36.3. The van der Waals surface area contributed by atoms with Gasteiger partial charge in [-0.15, -0.1) is 0 Å². The van der Waals surface area contributed by atoms with Crippen molar-refractivity contribution in [3.63, 3.8) is 0 Å². The highest BCUT2D eigenvalue weighted by Gasteiger charge is 2.25. The van der Waals surface area contributed by atoms with Crippen LogP contribution in [0.25, 0.3) is 0 Å². The zero-order valence-corrected chi connectivity index (χ0v) is 29.8. The number of nitrogens with zero attached hydrogens (tertiary/aromatic N) is 3. The van der Waals surface area contributed by atoms with Gasteiger partial charge < -0.3 is 29.7 Å². The second-order valence-electron chi connectivity index (χ2n) is 13.2. The molecule has 3 N–H and O–H groups in total. The van der Waals surface area contributed by atoms with Crippen LogP contribution in [0.2, 0.25) is 5.02 Å². The summed E-state index contributed by atoms with van der Waals surface area (Å²) in [7, 11) is -2.26. The van der Waals surface area contributed by atoms with Gasteiger partial charge >= 0.3 is 6.09 Å². The van der Waals surface area contributed by atoms with E-state index < -0.39 is 21.5 Å². The summed E-state index contributed by atoms with van der Waals surface area (Å²) in [4.78, 5) is 35.9. The summed E-state index contributed by atoms with van der Waals surface area (Å²) in [6.45, 7) is 12.2. The predicted octanol–water partition coefficient (Wildman–Crippen LogP) is 6.79. The maximum atomic E-state index is 13.5. The third kappa shape index (κ3) is 9.97. The third-order valence-corrected chi connectivity index (χ3v) is 7.80. The summed E-state index contributed by atoms with van der Waals surface area (Å²) >= 11 is 6.43. The number of sulfonamides is 1. The number of amides is 2. The minimum absolute atomic E-state index is 0.152. The Hall–Kier alpha value is -4.56. The average Bonchev–Trinajstić information content (AvgIpc) is 2.96. The summed E-state index contributed by atoms with van der Waals surface area (Å²) < 4.78 is 43.6. The third-order valence-electron chi connectivity index (χ3n) is 6.90. The Labute approximate surface area is 286 Å². The van der Waals surface area contributed by atoms with Crippen molar-refractivity contribution < 1.29 is 32.2 Å². The molecule has 0 unspecified atom stereocenters. The second-order valence-corrected chi connectivity index (χ2v) is 15.4. The number of benzene rings is 2.